The molecule has 0 aliphatic carbocycles. The third-order valence-corrected chi connectivity index (χ3v) is 6.23. The molecule has 1 aliphatic heterocycles. The minimum atomic E-state index is 0.316. The molecule has 1 N–H and O–H groups in total. The van der Waals surface area contributed by atoms with Crippen LogP contribution in [0.5, 0.6) is 17.2 Å². The normalized spacial score (nSPS) is 14.7. The zero-order valence-electron chi connectivity index (χ0n) is 20.0. The van der Waals surface area contributed by atoms with Crippen LogP contribution in [0.15, 0.2) is 47.1 Å². The van der Waals surface area contributed by atoms with E-state index in [1.54, 1.807) is 13.4 Å². The summed E-state index contributed by atoms with van der Waals surface area (Å²) in [5.74, 6) is 2.15. The molecule has 0 amide bonds. The number of nitrogens with zero attached hydrogens (tertiary/aromatic N) is 2. The van der Waals surface area contributed by atoms with Crippen molar-refractivity contribution in [2.45, 2.75) is 39.3 Å². The number of aromatic nitrogens is 1. The first kappa shape index (κ1) is 24.2. The Morgan fingerprint density at radius 1 is 1.09 bits per heavy atom. The van der Waals surface area contributed by atoms with Crippen LogP contribution in [-0.4, -0.2) is 49.3 Å². The minimum absolute atomic E-state index is 0.316. The first-order chi connectivity index (χ1) is 16.6. The molecule has 34 heavy (non-hydrogen) atoms. The molecule has 4 rings (SSSR count). The van der Waals surface area contributed by atoms with Crippen LogP contribution in [0.1, 0.15) is 32.3 Å². The van der Waals surface area contributed by atoms with Gasteiger partial charge in [0.05, 0.1) is 20.3 Å². The topological polar surface area (TPSA) is 69.0 Å². The SMILES string of the molecule is CCOc1cc(CN2CCC(Nc3nc(-c4cccc(OC)c4)co3)CC2)cc(OCC)c1Cl. The molecule has 3 aromatic rings. The second-order valence-electron chi connectivity index (χ2n) is 8.24. The molecule has 1 aromatic heterocycles. The summed E-state index contributed by atoms with van der Waals surface area (Å²) in [5.41, 5.74) is 2.89. The van der Waals surface area contributed by atoms with Gasteiger partial charge < -0.3 is 23.9 Å². The molecule has 1 saturated heterocycles. The molecular weight excluding hydrogens is 454 g/mol. The lowest BCUT2D eigenvalue weighted by Crippen LogP contribution is -2.38. The fourth-order valence-corrected chi connectivity index (χ4v) is 4.38. The van der Waals surface area contributed by atoms with Gasteiger partial charge in [0.25, 0.3) is 6.01 Å². The highest BCUT2D eigenvalue weighted by Gasteiger charge is 2.22. The molecule has 1 fully saturated rings. The van der Waals surface area contributed by atoms with Crippen LogP contribution in [0.2, 0.25) is 5.02 Å². The Morgan fingerprint density at radius 2 is 1.79 bits per heavy atom. The first-order valence-electron chi connectivity index (χ1n) is 11.8. The number of methoxy groups -OCH3 is 1. The van der Waals surface area contributed by atoms with Crippen LogP contribution < -0.4 is 19.5 Å². The van der Waals surface area contributed by atoms with E-state index >= 15 is 0 Å². The smallest absolute Gasteiger partial charge is 0.295 e. The van der Waals surface area contributed by atoms with Gasteiger partial charge in [-0.3, -0.25) is 4.90 Å². The van der Waals surface area contributed by atoms with E-state index in [-0.39, 0.29) is 0 Å². The minimum Gasteiger partial charge on any atom is -0.497 e. The summed E-state index contributed by atoms with van der Waals surface area (Å²) < 4.78 is 22.4. The summed E-state index contributed by atoms with van der Waals surface area (Å²) in [7, 11) is 1.66. The van der Waals surface area contributed by atoms with E-state index in [4.69, 9.17) is 30.2 Å². The van der Waals surface area contributed by atoms with Crippen molar-refractivity contribution in [2.75, 3.05) is 38.7 Å². The van der Waals surface area contributed by atoms with Crippen molar-refractivity contribution in [3.05, 3.63) is 53.2 Å². The number of ether oxygens (including phenoxy) is 3. The van der Waals surface area contributed by atoms with Crippen molar-refractivity contribution in [3.63, 3.8) is 0 Å². The number of nitrogens with one attached hydrogen (secondary N) is 1. The van der Waals surface area contributed by atoms with Crippen LogP contribution in [0.25, 0.3) is 11.3 Å². The highest BCUT2D eigenvalue weighted by molar-refractivity contribution is 6.33. The molecule has 0 atom stereocenters. The van der Waals surface area contributed by atoms with Crippen molar-refractivity contribution in [1.82, 2.24) is 9.88 Å². The number of likely N-dealkylation sites (tertiary alicyclic amines) is 1. The Morgan fingerprint density at radius 3 is 2.44 bits per heavy atom. The monoisotopic (exact) mass is 485 g/mol. The molecule has 0 saturated carbocycles. The average Bonchev–Trinajstić information content (AvgIpc) is 3.32. The molecule has 0 unspecified atom stereocenters. The lowest BCUT2D eigenvalue weighted by molar-refractivity contribution is 0.209. The lowest BCUT2D eigenvalue weighted by Gasteiger charge is -2.32. The summed E-state index contributed by atoms with van der Waals surface area (Å²) in [6.45, 7) is 7.79. The van der Waals surface area contributed by atoms with E-state index < -0.39 is 0 Å². The van der Waals surface area contributed by atoms with E-state index in [1.807, 2.05) is 50.2 Å². The fraction of sp³-hybridized carbons (Fsp3) is 0.423. The van der Waals surface area contributed by atoms with Gasteiger partial charge in [0.1, 0.15) is 34.2 Å². The van der Waals surface area contributed by atoms with Gasteiger partial charge in [-0.05, 0) is 56.5 Å². The number of benzene rings is 2. The van der Waals surface area contributed by atoms with E-state index in [0.29, 0.717) is 41.8 Å². The van der Waals surface area contributed by atoms with Crippen LogP contribution in [0, 0.1) is 0 Å². The number of oxazole rings is 1. The molecule has 1 aliphatic rings. The Kier molecular flexibility index (Phi) is 8.19. The predicted molar refractivity (Wildman–Crippen MR) is 134 cm³/mol. The number of anilines is 1. The molecule has 0 radical (unpaired) electrons. The number of hydrogen-bond acceptors (Lipinski definition) is 7. The van der Waals surface area contributed by atoms with Gasteiger partial charge in [0.15, 0.2) is 0 Å². The molecule has 2 aromatic carbocycles. The van der Waals surface area contributed by atoms with Gasteiger partial charge in [-0.15, -0.1) is 0 Å². The van der Waals surface area contributed by atoms with E-state index in [2.05, 4.69) is 15.2 Å². The third-order valence-electron chi connectivity index (χ3n) is 5.86. The summed E-state index contributed by atoms with van der Waals surface area (Å²) in [6, 6.07) is 12.7. The number of halogens is 1. The Hall–Kier alpha value is -2.90. The van der Waals surface area contributed by atoms with Crippen molar-refractivity contribution < 1.29 is 18.6 Å². The highest BCUT2D eigenvalue weighted by atomic mass is 35.5. The average molecular weight is 486 g/mol. The van der Waals surface area contributed by atoms with Crippen molar-refractivity contribution >= 4 is 17.6 Å². The summed E-state index contributed by atoms with van der Waals surface area (Å²) in [4.78, 5) is 7.05. The second-order valence-corrected chi connectivity index (χ2v) is 8.61. The molecule has 8 heteroatoms. The van der Waals surface area contributed by atoms with Crippen LogP contribution in [0.3, 0.4) is 0 Å². The number of piperidine rings is 1. The van der Waals surface area contributed by atoms with Gasteiger partial charge in [-0.2, -0.15) is 4.98 Å². The Bertz CT molecular complexity index is 1050. The van der Waals surface area contributed by atoms with Crippen LogP contribution in [0.4, 0.5) is 6.01 Å². The zero-order valence-corrected chi connectivity index (χ0v) is 20.7. The van der Waals surface area contributed by atoms with Gasteiger partial charge in [0, 0.05) is 31.2 Å². The molecule has 0 bridgehead atoms. The Labute approximate surface area is 206 Å². The molecule has 182 valence electrons. The lowest BCUT2D eigenvalue weighted by atomic mass is 10.0. The molecule has 0 spiro atoms. The highest BCUT2D eigenvalue weighted by Crippen LogP contribution is 2.36. The van der Waals surface area contributed by atoms with Crippen molar-refractivity contribution in [1.29, 1.82) is 0 Å². The van der Waals surface area contributed by atoms with Gasteiger partial charge in [0.2, 0.25) is 0 Å². The van der Waals surface area contributed by atoms with E-state index in [1.165, 1.54) is 0 Å². The standard InChI is InChI=1S/C26H32ClN3O4/c1-4-32-23-13-18(14-24(25(23)27)33-5-2)16-30-11-9-20(10-12-30)28-26-29-22(17-34-26)19-7-6-8-21(15-19)31-3/h6-8,13-15,17,20H,4-5,9-12,16H2,1-3H3,(H,28,29). The third kappa shape index (κ3) is 5.96. The van der Waals surface area contributed by atoms with Crippen molar-refractivity contribution in [2.24, 2.45) is 0 Å². The van der Waals surface area contributed by atoms with Gasteiger partial charge >= 0.3 is 0 Å². The van der Waals surface area contributed by atoms with Crippen LogP contribution in [-0.2, 0) is 6.54 Å². The summed E-state index contributed by atoms with van der Waals surface area (Å²) in [6.07, 6.45) is 3.68. The largest absolute Gasteiger partial charge is 0.497 e. The fourth-order valence-electron chi connectivity index (χ4n) is 4.16. The summed E-state index contributed by atoms with van der Waals surface area (Å²) >= 11 is 6.44. The van der Waals surface area contributed by atoms with Crippen LogP contribution >= 0.6 is 11.6 Å². The maximum absolute atomic E-state index is 6.44. The van der Waals surface area contributed by atoms with Gasteiger partial charge in [-0.25, -0.2) is 0 Å². The van der Waals surface area contributed by atoms with Crippen molar-refractivity contribution in [3.8, 4) is 28.5 Å². The van der Waals surface area contributed by atoms with E-state index in [0.717, 1.165) is 55.0 Å². The zero-order chi connectivity index (χ0) is 23.9. The van der Waals surface area contributed by atoms with E-state index in [9.17, 15) is 0 Å². The predicted octanol–water partition coefficient (Wildman–Crippen LogP) is 5.88. The Balaban J connectivity index is 1.33. The first-order valence-corrected chi connectivity index (χ1v) is 12.1. The number of rotatable bonds is 10. The second kappa shape index (κ2) is 11.5. The maximum atomic E-state index is 6.44. The number of hydrogen-bond donors (Lipinski definition) is 1. The molecule has 2 heterocycles. The quantitative estimate of drug-likeness (QED) is 0.384. The summed E-state index contributed by atoms with van der Waals surface area (Å²) in [5, 5.41) is 3.99. The van der Waals surface area contributed by atoms with Gasteiger partial charge in [-0.1, -0.05) is 23.7 Å². The maximum Gasteiger partial charge on any atom is 0.295 e. The molecular formula is C26H32ClN3O4. The molecule has 7 nitrogen and oxygen atoms in total.